The molecule has 1 fully saturated rings. The number of piperidine rings is 1. The van der Waals surface area contributed by atoms with Crippen LogP contribution in [0.5, 0.6) is 0 Å². The number of nitrogens with zero attached hydrogens (tertiary/aromatic N) is 2. The first-order chi connectivity index (χ1) is 14.1. The Kier molecular flexibility index (Phi) is 5.36. The van der Waals surface area contributed by atoms with Gasteiger partial charge in [-0.05, 0) is 38.8 Å². The fraction of sp³-hybridized carbons (Fsp3) is 0.400. The standard InChI is InChI=1S/C20H23F3N5OP/c1-30(2,29)16-7-3-6-13-14(10-25-18(13)16)17-15(20(21,22)23)11-26-19(28-17)27-12-5-4-8-24-9-12/h3,6-7,10-12,24-25H,4-5,8-9H2,1-2H3,(H,26,27,28). The van der Waals surface area contributed by atoms with Gasteiger partial charge in [-0.15, -0.1) is 0 Å². The number of aromatic amines is 1. The first-order valence-electron chi connectivity index (χ1n) is 9.72. The number of nitrogens with one attached hydrogen (secondary N) is 3. The van der Waals surface area contributed by atoms with Gasteiger partial charge < -0.3 is 20.2 Å². The second kappa shape index (κ2) is 7.71. The molecule has 3 aromatic rings. The average Bonchev–Trinajstić information content (AvgIpc) is 3.11. The molecule has 1 aliphatic heterocycles. The monoisotopic (exact) mass is 437 g/mol. The third-order valence-corrected chi connectivity index (χ3v) is 6.79. The molecule has 160 valence electrons. The third kappa shape index (κ3) is 4.09. The van der Waals surface area contributed by atoms with E-state index in [2.05, 4.69) is 25.6 Å². The Balaban J connectivity index is 1.84. The third-order valence-electron chi connectivity index (χ3n) is 5.25. The maximum atomic E-state index is 13.7. The molecule has 2 aromatic heterocycles. The van der Waals surface area contributed by atoms with Crippen LogP contribution in [0.3, 0.4) is 0 Å². The molecule has 1 saturated heterocycles. The van der Waals surface area contributed by atoms with Crippen molar-refractivity contribution >= 4 is 29.3 Å². The van der Waals surface area contributed by atoms with Gasteiger partial charge in [0.25, 0.3) is 0 Å². The maximum absolute atomic E-state index is 13.7. The van der Waals surface area contributed by atoms with E-state index < -0.39 is 18.9 Å². The van der Waals surface area contributed by atoms with Gasteiger partial charge in [0, 0.05) is 41.2 Å². The lowest BCUT2D eigenvalue weighted by Gasteiger charge is -2.24. The Morgan fingerprint density at radius 3 is 2.73 bits per heavy atom. The number of alkyl halides is 3. The highest BCUT2D eigenvalue weighted by Crippen LogP contribution is 2.41. The number of H-pyrrole nitrogens is 1. The van der Waals surface area contributed by atoms with E-state index in [1.165, 1.54) is 6.20 Å². The summed E-state index contributed by atoms with van der Waals surface area (Å²) >= 11 is 0. The molecule has 0 saturated carbocycles. The quantitative estimate of drug-likeness (QED) is 0.537. The predicted molar refractivity (Wildman–Crippen MR) is 113 cm³/mol. The number of aromatic nitrogens is 3. The van der Waals surface area contributed by atoms with Crippen molar-refractivity contribution in [3.05, 3.63) is 36.2 Å². The van der Waals surface area contributed by atoms with Crippen molar-refractivity contribution in [1.82, 2.24) is 20.3 Å². The van der Waals surface area contributed by atoms with Gasteiger partial charge in [-0.25, -0.2) is 9.97 Å². The predicted octanol–water partition coefficient (Wildman–Crippen LogP) is 4.06. The topological polar surface area (TPSA) is 82.7 Å². The molecule has 1 unspecified atom stereocenters. The van der Waals surface area contributed by atoms with E-state index in [-0.39, 0.29) is 17.7 Å². The fourth-order valence-electron chi connectivity index (χ4n) is 3.80. The number of rotatable bonds is 4. The van der Waals surface area contributed by atoms with Crippen molar-refractivity contribution in [2.24, 2.45) is 0 Å². The summed E-state index contributed by atoms with van der Waals surface area (Å²) in [4.78, 5) is 11.2. The van der Waals surface area contributed by atoms with Crippen LogP contribution >= 0.6 is 7.14 Å². The molecular weight excluding hydrogens is 414 g/mol. The SMILES string of the molecule is CP(C)(=O)c1cccc2c(-c3nc(NC4CCCNC4)ncc3C(F)(F)F)c[nH]c12. The van der Waals surface area contributed by atoms with Crippen molar-refractivity contribution < 1.29 is 17.7 Å². The molecule has 10 heteroatoms. The van der Waals surface area contributed by atoms with E-state index in [9.17, 15) is 17.7 Å². The summed E-state index contributed by atoms with van der Waals surface area (Å²) in [5.41, 5.74) is -0.232. The van der Waals surface area contributed by atoms with Gasteiger partial charge >= 0.3 is 6.18 Å². The number of hydrogen-bond donors (Lipinski definition) is 3. The normalized spacial score (nSPS) is 18.0. The first kappa shape index (κ1) is 20.9. The lowest BCUT2D eigenvalue weighted by atomic mass is 10.1. The van der Waals surface area contributed by atoms with Crippen molar-refractivity contribution in [1.29, 1.82) is 0 Å². The molecule has 3 N–H and O–H groups in total. The smallest absolute Gasteiger partial charge is 0.360 e. The lowest BCUT2D eigenvalue weighted by molar-refractivity contribution is -0.137. The average molecular weight is 437 g/mol. The van der Waals surface area contributed by atoms with Crippen LogP contribution < -0.4 is 15.9 Å². The van der Waals surface area contributed by atoms with Crippen molar-refractivity contribution in [3.63, 3.8) is 0 Å². The zero-order chi connectivity index (χ0) is 21.5. The summed E-state index contributed by atoms with van der Waals surface area (Å²) in [6.07, 6.45) is -0.413. The minimum Gasteiger partial charge on any atom is -0.360 e. The second-order valence-corrected chi connectivity index (χ2v) is 11.1. The van der Waals surface area contributed by atoms with Crippen LogP contribution in [0.15, 0.2) is 30.6 Å². The van der Waals surface area contributed by atoms with E-state index in [0.717, 1.165) is 25.6 Å². The Labute approximate surface area is 172 Å². The first-order valence-corrected chi connectivity index (χ1v) is 12.3. The minimum atomic E-state index is -4.60. The number of fused-ring (bicyclic) bond motifs is 1. The van der Waals surface area contributed by atoms with E-state index >= 15 is 0 Å². The van der Waals surface area contributed by atoms with Gasteiger partial charge in [-0.2, -0.15) is 13.2 Å². The molecule has 6 nitrogen and oxygen atoms in total. The summed E-state index contributed by atoms with van der Waals surface area (Å²) in [6, 6.07) is 5.21. The van der Waals surface area contributed by atoms with Gasteiger partial charge in [0.05, 0.1) is 11.2 Å². The molecule has 3 heterocycles. The summed E-state index contributed by atoms with van der Waals surface area (Å²) in [7, 11) is -2.63. The number of halogens is 3. The Bertz CT molecular complexity index is 1120. The van der Waals surface area contributed by atoms with Gasteiger partial charge in [0.1, 0.15) is 12.7 Å². The molecule has 0 bridgehead atoms. The molecule has 0 spiro atoms. The zero-order valence-electron chi connectivity index (χ0n) is 16.7. The minimum absolute atomic E-state index is 0.0592. The van der Waals surface area contributed by atoms with Crippen molar-refractivity contribution in [2.75, 3.05) is 31.7 Å². The number of hydrogen-bond acceptors (Lipinski definition) is 5. The van der Waals surface area contributed by atoms with E-state index in [1.54, 1.807) is 31.5 Å². The molecular formula is C20H23F3N5OP. The van der Waals surface area contributed by atoms with Crippen molar-refractivity contribution in [2.45, 2.75) is 25.1 Å². The Hall–Kier alpha value is -2.38. The molecule has 1 aliphatic rings. The van der Waals surface area contributed by atoms with Gasteiger partial charge in [0.15, 0.2) is 0 Å². The summed E-state index contributed by atoms with van der Waals surface area (Å²) in [6.45, 7) is 4.90. The van der Waals surface area contributed by atoms with Crippen LogP contribution in [0.4, 0.5) is 19.1 Å². The highest BCUT2D eigenvalue weighted by molar-refractivity contribution is 7.70. The van der Waals surface area contributed by atoms with Crippen LogP contribution in [0.25, 0.3) is 22.2 Å². The van der Waals surface area contributed by atoms with Crippen LogP contribution in [-0.4, -0.2) is 47.4 Å². The molecule has 30 heavy (non-hydrogen) atoms. The molecule has 0 radical (unpaired) electrons. The van der Waals surface area contributed by atoms with E-state index in [4.69, 9.17) is 0 Å². The largest absolute Gasteiger partial charge is 0.419 e. The maximum Gasteiger partial charge on any atom is 0.419 e. The Morgan fingerprint density at radius 1 is 1.27 bits per heavy atom. The van der Waals surface area contributed by atoms with Gasteiger partial charge in [0.2, 0.25) is 5.95 Å². The number of para-hydroxylation sites is 1. The molecule has 1 aromatic carbocycles. The fourth-order valence-corrected chi connectivity index (χ4v) is 4.97. The lowest BCUT2D eigenvalue weighted by Crippen LogP contribution is -2.38. The van der Waals surface area contributed by atoms with Crippen LogP contribution in [0, 0.1) is 0 Å². The molecule has 0 amide bonds. The van der Waals surface area contributed by atoms with Crippen LogP contribution in [0.2, 0.25) is 0 Å². The molecule has 4 rings (SSSR count). The Morgan fingerprint density at radius 2 is 2.07 bits per heavy atom. The van der Waals surface area contributed by atoms with Gasteiger partial charge in [-0.3, -0.25) is 0 Å². The molecule has 1 atom stereocenters. The summed E-state index contributed by atoms with van der Waals surface area (Å²) in [5, 5.41) is 7.53. The highest BCUT2D eigenvalue weighted by Gasteiger charge is 2.36. The summed E-state index contributed by atoms with van der Waals surface area (Å²) in [5.74, 6) is 0.161. The summed E-state index contributed by atoms with van der Waals surface area (Å²) < 4.78 is 53.8. The second-order valence-electron chi connectivity index (χ2n) is 7.89. The number of anilines is 1. The van der Waals surface area contributed by atoms with Crippen LogP contribution in [0.1, 0.15) is 18.4 Å². The molecule has 0 aliphatic carbocycles. The zero-order valence-corrected chi connectivity index (χ0v) is 17.6. The van der Waals surface area contributed by atoms with E-state index in [0.29, 0.717) is 28.3 Å². The number of benzene rings is 1. The van der Waals surface area contributed by atoms with Crippen molar-refractivity contribution in [3.8, 4) is 11.3 Å². The highest BCUT2D eigenvalue weighted by atomic mass is 31.2. The van der Waals surface area contributed by atoms with Crippen LogP contribution in [-0.2, 0) is 10.7 Å². The van der Waals surface area contributed by atoms with E-state index in [1.807, 2.05) is 0 Å². The van der Waals surface area contributed by atoms with Gasteiger partial charge in [-0.1, -0.05) is 12.1 Å².